The lowest BCUT2D eigenvalue weighted by Gasteiger charge is -2.12. The van der Waals surface area contributed by atoms with Gasteiger partial charge in [0.25, 0.3) is 5.91 Å². The van der Waals surface area contributed by atoms with Crippen LogP contribution in [0.15, 0.2) is 18.2 Å². The van der Waals surface area contributed by atoms with Crippen molar-refractivity contribution in [3.63, 3.8) is 0 Å². The van der Waals surface area contributed by atoms with Crippen LogP contribution in [-0.4, -0.2) is 31.5 Å². The molecule has 0 aliphatic rings. The Morgan fingerprint density at radius 1 is 1.39 bits per heavy atom. The number of halogens is 1. The van der Waals surface area contributed by atoms with E-state index in [2.05, 4.69) is 21.2 Å². The number of nitrogens with one attached hydrogen (secondary N) is 1. The fourth-order valence-corrected chi connectivity index (χ4v) is 1.77. The molecule has 1 unspecified atom stereocenters. The number of para-hydroxylation sites is 1. The zero-order valence-electron chi connectivity index (χ0n) is 10.8. The van der Waals surface area contributed by atoms with Crippen molar-refractivity contribution in [3.8, 4) is 11.5 Å². The number of carbonyl (C=O) groups excluding carboxylic acids is 1. The first-order chi connectivity index (χ1) is 8.60. The van der Waals surface area contributed by atoms with Crippen LogP contribution in [0.3, 0.4) is 0 Å². The molecule has 0 aliphatic heterocycles. The van der Waals surface area contributed by atoms with Crippen molar-refractivity contribution in [1.82, 2.24) is 5.32 Å². The van der Waals surface area contributed by atoms with Crippen LogP contribution < -0.4 is 14.8 Å². The van der Waals surface area contributed by atoms with Crippen molar-refractivity contribution in [2.75, 3.05) is 20.8 Å². The molecule has 1 atom stereocenters. The van der Waals surface area contributed by atoms with Gasteiger partial charge in [-0.2, -0.15) is 0 Å². The van der Waals surface area contributed by atoms with Gasteiger partial charge >= 0.3 is 0 Å². The number of rotatable bonds is 6. The molecule has 18 heavy (non-hydrogen) atoms. The Morgan fingerprint density at radius 2 is 2.11 bits per heavy atom. The number of hydrogen-bond donors (Lipinski definition) is 1. The van der Waals surface area contributed by atoms with Crippen LogP contribution in [0.4, 0.5) is 0 Å². The smallest absolute Gasteiger partial charge is 0.255 e. The molecule has 5 heteroatoms. The van der Waals surface area contributed by atoms with E-state index < -0.39 is 0 Å². The quantitative estimate of drug-likeness (QED) is 0.821. The fourth-order valence-electron chi connectivity index (χ4n) is 1.55. The highest BCUT2D eigenvalue weighted by molar-refractivity contribution is 9.09. The summed E-state index contributed by atoms with van der Waals surface area (Å²) in [4.78, 5) is 12.4. The zero-order valence-corrected chi connectivity index (χ0v) is 12.4. The van der Waals surface area contributed by atoms with E-state index in [4.69, 9.17) is 9.47 Å². The Hall–Kier alpha value is -1.23. The SMILES string of the molecule is COc1cccc(C(=O)NCCC(C)Br)c1OC. The maximum absolute atomic E-state index is 12.0. The van der Waals surface area contributed by atoms with Crippen LogP contribution in [0.25, 0.3) is 0 Å². The van der Waals surface area contributed by atoms with Crippen molar-refractivity contribution in [3.05, 3.63) is 23.8 Å². The van der Waals surface area contributed by atoms with Gasteiger partial charge in [0.1, 0.15) is 0 Å². The average molecular weight is 316 g/mol. The van der Waals surface area contributed by atoms with Crippen molar-refractivity contribution >= 4 is 21.8 Å². The van der Waals surface area contributed by atoms with Crippen molar-refractivity contribution in [2.45, 2.75) is 18.2 Å². The minimum Gasteiger partial charge on any atom is -0.493 e. The van der Waals surface area contributed by atoms with Gasteiger partial charge < -0.3 is 14.8 Å². The Labute approximate surface area is 116 Å². The zero-order chi connectivity index (χ0) is 13.5. The summed E-state index contributed by atoms with van der Waals surface area (Å²) in [5.74, 6) is 0.863. The summed E-state index contributed by atoms with van der Waals surface area (Å²) in [5, 5.41) is 2.85. The summed E-state index contributed by atoms with van der Waals surface area (Å²) in [6.07, 6.45) is 0.873. The van der Waals surface area contributed by atoms with Crippen LogP contribution in [0, 0.1) is 0 Å². The van der Waals surface area contributed by atoms with Crippen molar-refractivity contribution in [1.29, 1.82) is 0 Å². The molecule has 100 valence electrons. The van der Waals surface area contributed by atoms with Crippen LogP contribution >= 0.6 is 15.9 Å². The molecular formula is C13H18BrNO3. The van der Waals surface area contributed by atoms with E-state index >= 15 is 0 Å². The van der Waals surface area contributed by atoms with Crippen LogP contribution in [0.1, 0.15) is 23.7 Å². The summed E-state index contributed by atoms with van der Waals surface area (Å²) in [6, 6.07) is 5.24. The van der Waals surface area contributed by atoms with E-state index in [9.17, 15) is 4.79 Å². The third kappa shape index (κ3) is 3.91. The molecule has 0 radical (unpaired) electrons. The molecule has 0 saturated carbocycles. The highest BCUT2D eigenvalue weighted by atomic mass is 79.9. The molecule has 1 rings (SSSR count). The van der Waals surface area contributed by atoms with Crippen molar-refractivity contribution < 1.29 is 14.3 Å². The highest BCUT2D eigenvalue weighted by Crippen LogP contribution is 2.30. The summed E-state index contributed by atoms with van der Waals surface area (Å²) in [7, 11) is 3.07. The third-order valence-electron chi connectivity index (χ3n) is 2.48. The number of carbonyl (C=O) groups is 1. The molecule has 0 spiro atoms. The van der Waals surface area contributed by atoms with Crippen LogP contribution in [0.5, 0.6) is 11.5 Å². The maximum Gasteiger partial charge on any atom is 0.255 e. The second-order valence-corrected chi connectivity index (χ2v) is 5.43. The molecule has 1 aromatic rings. The summed E-state index contributed by atoms with van der Waals surface area (Å²) >= 11 is 3.44. The van der Waals surface area contributed by atoms with Gasteiger partial charge in [-0.05, 0) is 18.6 Å². The molecule has 0 bridgehead atoms. The van der Waals surface area contributed by atoms with Gasteiger partial charge in [-0.25, -0.2) is 0 Å². The summed E-state index contributed by atoms with van der Waals surface area (Å²) in [5.41, 5.74) is 0.485. The van der Waals surface area contributed by atoms with E-state index in [1.54, 1.807) is 25.3 Å². The van der Waals surface area contributed by atoms with E-state index in [-0.39, 0.29) is 5.91 Å². The number of hydrogen-bond acceptors (Lipinski definition) is 3. The van der Waals surface area contributed by atoms with E-state index in [0.29, 0.717) is 28.4 Å². The van der Waals surface area contributed by atoms with E-state index in [1.165, 1.54) is 7.11 Å². The van der Waals surface area contributed by atoms with E-state index in [1.807, 2.05) is 6.92 Å². The molecule has 1 amide bonds. The van der Waals surface area contributed by atoms with Gasteiger partial charge in [0, 0.05) is 11.4 Å². The Bertz CT molecular complexity index is 407. The van der Waals surface area contributed by atoms with E-state index in [0.717, 1.165) is 6.42 Å². The molecule has 0 aromatic heterocycles. The summed E-state index contributed by atoms with van der Waals surface area (Å²) in [6.45, 7) is 2.66. The largest absolute Gasteiger partial charge is 0.493 e. The first-order valence-corrected chi connectivity index (χ1v) is 6.65. The minimum absolute atomic E-state index is 0.154. The lowest BCUT2D eigenvalue weighted by atomic mass is 10.1. The fraction of sp³-hybridized carbons (Fsp3) is 0.462. The predicted molar refractivity (Wildman–Crippen MR) is 74.9 cm³/mol. The second kappa shape index (κ2) is 7.26. The van der Waals surface area contributed by atoms with Crippen molar-refractivity contribution in [2.24, 2.45) is 0 Å². The molecular weight excluding hydrogens is 298 g/mol. The van der Waals surface area contributed by atoms with Gasteiger partial charge in [0.2, 0.25) is 0 Å². The van der Waals surface area contributed by atoms with Crippen LogP contribution in [-0.2, 0) is 0 Å². The molecule has 1 aromatic carbocycles. The first-order valence-electron chi connectivity index (χ1n) is 5.73. The molecule has 4 nitrogen and oxygen atoms in total. The van der Waals surface area contributed by atoms with Gasteiger partial charge in [0.15, 0.2) is 11.5 Å². The van der Waals surface area contributed by atoms with Gasteiger partial charge in [-0.15, -0.1) is 0 Å². The number of methoxy groups -OCH3 is 2. The third-order valence-corrected chi connectivity index (χ3v) is 2.93. The first kappa shape index (κ1) is 14.8. The normalized spacial score (nSPS) is 11.8. The number of benzene rings is 1. The summed E-state index contributed by atoms with van der Waals surface area (Å²) < 4.78 is 10.4. The van der Waals surface area contributed by atoms with Gasteiger partial charge in [-0.1, -0.05) is 28.9 Å². The number of alkyl halides is 1. The Morgan fingerprint density at radius 3 is 2.67 bits per heavy atom. The Kier molecular flexibility index (Phi) is 5.98. The predicted octanol–water partition coefficient (Wildman–Crippen LogP) is 2.61. The van der Waals surface area contributed by atoms with Gasteiger partial charge in [0.05, 0.1) is 19.8 Å². The average Bonchev–Trinajstić information content (AvgIpc) is 2.36. The van der Waals surface area contributed by atoms with Crippen LogP contribution in [0.2, 0.25) is 0 Å². The van der Waals surface area contributed by atoms with Gasteiger partial charge in [-0.3, -0.25) is 4.79 Å². The molecule has 0 heterocycles. The topological polar surface area (TPSA) is 47.6 Å². The number of ether oxygens (including phenoxy) is 2. The lowest BCUT2D eigenvalue weighted by Crippen LogP contribution is -2.26. The monoisotopic (exact) mass is 315 g/mol. The molecule has 0 fully saturated rings. The standard InChI is InChI=1S/C13H18BrNO3/c1-9(14)7-8-15-13(16)10-5-4-6-11(17-2)12(10)18-3/h4-6,9H,7-8H2,1-3H3,(H,15,16). The lowest BCUT2D eigenvalue weighted by molar-refractivity contribution is 0.0949. The maximum atomic E-state index is 12.0. The Balaban J connectivity index is 2.79. The number of amides is 1. The molecule has 1 N–H and O–H groups in total. The second-order valence-electron chi connectivity index (χ2n) is 3.87. The molecule has 0 aliphatic carbocycles. The molecule has 0 saturated heterocycles. The minimum atomic E-state index is -0.154. The highest BCUT2D eigenvalue weighted by Gasteiger charge is 2.15.